The lowest BCUT2D eigenvalue weighted by molar-refractivity contribution is 0.270. The van der Waals surface area contributed by atoms with Crippen LogP contribution < -0.4 is 18.9 Å². The van der Waals surface area contributed by atoms with Crippen molar-refractivity contribution in [2.75, 3.05) is 27.4 Å². The van der Waals surface area contributed by atoms with Gasteiger partial charge in [-0.3, -0.25) is 0 Å². The summed E-state index contributed by atoms with van der Waals surface area (Å²) in [5, 5.41) is 9.70. The van der Waals surface area contributed by atoms with Gasteiger partial charge in [0.2, 0.25) is 0 Å². The van der Waals surface area contributed by atoms with Crippen LogP contribution in [0.3, 0.4) is 0 Å². The van der Waals surface area contributed by atoms with Crippen LogP contribution in [0.5, 0.6) is 23.0 Å². The maximum absolute atomic E-state index is 9.70. The second-order valence-corrected chi connectivity index (χ2v) is 6.79. The van der Waals surface area contributed by atoms with Crippen molar-refractivity contribution in [2.24, 2.45) is 0 Å². The van der Waals surface area contributed by atoms with Gasteiger partial charge in [-0.1, -0.05) is 32.3 Å². The molecule has 30 heavy (non-hydrogen) atoms. The van der Waals surface area contributed by atoms with E-state index < -0.39 is 0 Å². The van der Waals surface area contributed by atoms with Crippen LogP contribution in [0.15, 0.2) is 36.4 Å². The zero-order chi connectivity index (χ0) is 21.8. The maximum Gasteiger partial charge on any atom is 0.161 e. The van der Waals surface area contributed by atoms with Gasteiger partial charge in [-0.15, -0.1) is 0 Å². The Hall–Kier alpha value is -3.13. The molecule has 0 aliphatic rings. The maximum atomic E-state index is 9.70. The minimum atomic E-state index is 0.520. The molecule has 0 bridgehead atoms. The van der Waals surface area contributed by atoms with Crippen LogP contribution in [-0.4, -0.2) is 27.4 Å². The van der Waals surface area contributed by atoms with Gasteiger partial charge >= 0.3 is 0 Å². The van der Waals surface area contributed by atoms with Crippen LogP contribution in [0.4, 0.5) is 0 Å². The van der Waals surface area contributed by atoms with E-state index in [0.717, 1.165) is 29.7 Å². The molecule has 0 saturated heterocycles. The van der Waals surface area contributed by atoms with Gasteiger partial charge < -0.3 is 18.9 Å². The van der Waals surface area contributed by atoms with Crippen molar-refractivity contribution in [2.45, 2.75) is 39.5 Å². The van der Waals surface area contributed by atoms with Gasteiger partial charge in [0, 0.05) is 0 Å². The summed E-state index contributed by atoms with van der Waals surface area (Å²) in [4.78, 5) is 0. The molecule has 0 aromatic heterocycles. The first-order valence-electron chi connectivity index (χ1n) is 10.4. The fraction of sp³-hybridized carbons (Fsp3) is 0.400. The summed E-state index contributed by atoms with van der Waals surface area (Å²) >= 11 is 0. The summed E-state index contributed by atoms with van der Waals surface area (Å²) in [5.41, 5.74) is 2.14. The van der Waals surface area contributed by atoms with E-state index in [-0.39, 0.29) is 0 Å². The largest absolute Gasteiger partial charge is 0.493 e. The van der Waals surface area contributed by atoms with Gasteiger partial charge in [-0.2, -0.15) is 5.26 Å². The van der Waals surface area contributed by atoms with Crippen LogP contribution in [0.2, 0.25) is 0 Å². The minimum Gasteiger partial charge on any atom is -0.493 e. The molecule has 0 radical (unpaired) electrons. The normalized spacial score (nSPS) is 11.0. The minimum absolute atomic E-state index is 0.520. The Labute approximate surface area is 179 Å². The molecule has 160 valence electrons. The van der Waals surface area contributed by atoms with Crippen LogP contribution in [0.25, 0.3) is 11.6 Å². The number of benzene rings is 2. The Bertz CT molecular complexity index is 883. The number of unbranched alkanes of at least 4 members (excludes halogenated alkanes) is 3. The molecule has 0 unspecified atom stereocenters. The molecular formula is C25H31NO4. The first-order valence-corrected chi connectivity index (χ1v) is 10.4. The summed E-state index contributed by atoms with van der Waals surface area (Å²) in [6, 6.07) is 13.4. The van der Waals surface area contributed by atoms with E-state index in [1.54, 1.807) is 26.4 Å². The van der Waals surface area contributed by atoms with Crippen molar-refractivity contribution in [3.63, 3.8) is 0 Å². The lowest BCUT2D eigenvalue weighted by Gasteiger charge is -2.13. The highest BCUT2D eigenvalue weighted by Crippen LogP contribution is 2.33. The van der Waals surface area contributed by atoms with Crippen LogP contribution in [0.1, 0.15) is 50.7 Å². The highest BCUT2D eigenvalue weighted by molar-refractivity contribution is 5.90. The van der Waals surface area contributed by atoms with Crippen molar-refractivity contribution >= 4 is 11.6 Å². The first kappa shape index (κ1) is 23.2. The zero-order valence-electron chi connectivity index (χ0n) is 18.4. The number of nitriles is 1. The van der Waals surface area contributed by atoms with Gasteiger partial charge in [0.25, 0.3) is 0 Å². The lowest BCUT2D eigenvalue weighted by atomic mass is 10.0. The van der Waals surface area contributed by atoms with E-state index in [1.807, 2.05) is 37.3 Å². The Balaban J connectivity index is 2.25. The number of ether oxygens (including phenoxy) is 4. The van der Waals surface area contributed by atoms with Crippen LogP contribution >= 0.6 is 0 Å². The Morgan fingerprint density at radius 3 is 2.30 bits per heavy atom. The second kappa shape index (κ2) is 12.4. The molecule has 5 nitrogen and oxygen atoms in total. The van der Waals surface area contributed by atoms with E-state index in [0.29, 0.717) is 36.0 Å². The monoisotopic (exact) mass is 409 g/mol. The van der Waals surface area contributed by atoms with Gasteiger partial charge in [0.05, 0.1) is 39.1 Å². The van der Waals surface area contributed by atoms with Crippen LogP contribution in [0, 0.1) is 11.3 Å². The molecule has 0 amide bonds. The van der Waals surface area contributed by atoms with Crippen molar-refractivity contribution in [1.82, 2.24) is 0 Å². The van der Waals surface area contributed by atoms with Crippen molar-refractivity contribution in [3.05, 3.63) is 47.5 Å². The van der Waals surface area contributed by atoms with Gasteiger partial charge in [-0.25, -0.2) is 0 Å². The molecular weight excluding hydrogens is 378 g/mol. The highest BCUT2D eigenvalue weighted by Gasteiger charge is 2.10. The SMILES string of the molecule is CCCCCCOc1ccc(C=C(C#N)c2ccc(OC)c(OC)c2)cc1OCC. The summed E-state index contributed by atoms with van der Waals surface area (Å²) in [6.07, 6.45) is 6.44. The number of nitrogens with zero attached hydrogens (tertiary/aromatic N) is 1. The third-order valence-corrected chi connectivity index (χ3v) is 4.65. The topological polar surface area (TPSA) is 60.7 Å². The standard InChI is InChI=1S/C25H31NO4/c1-5-7-8-9-14-30-23-12-10-19(16-25(23)29-6-2)15-21(18-26)20-11-13-22(27-3)24(17-20)28-4/h10-13,15-17H,5-9,14H2,1-4H3. The fourth-order valence-corrected chi connectivity index (χ4v) is 3.06. The Morgan fingerprint density at radius 2 is 1.63 bits per heavy atom. The van der Waals surface area contributed by atoms with Crippen molar-refractivity contribution in [3.8, 4) is 29.1 Å². The van der Waals surface area contributed by atoms with Gasteiger partial charge in [0.1, 0.15) is 0 Å². The highest BCUT2D eigenvalue weighted by atomic mass is 16.5. The Morgan fingerprint density at radius 1 is 0.867 bits per heavy atom. The molecule has 0 heterocycles. The molecule has 2 aromatic carbocycles. The second-order valence-electron chi connectivity index (χ2n) is 6.79. The quantitative estimate of drug-likeness (QED) is 0.240. The molecule has 0 atom stereocenters. The fourth-order valence-electron chi connectivity index (χ4n) is 3.06. The van der Waals surface area contributed by atoms with Crippen LogP contribution in [-0.2, 0) is 0 Å². The molecule has 0 saturated carbocycles. The molecule has 5 heteroatoms. The third kappa shape index (κ3) is 6.45. The smallest absolute Gasteiger partial charge is 0.161 e. The van der Waals surface area contributed by atoms with Gasteiger partial charge in [0.15, 0.2) is 23.0 Å². The number of rotatable bonds is 12. The Kier molecular flexibility index (Phi) is 9.60. The number of methoxy groups -OCH3 is 2. The first-order chi connectivity index (χ1) is 14.7. The molecule has 0 fully saturated rings. The zero-order valence-corrected chi connectivity index (χ0v) is 18.4. The van der Waals surface area contributed by atoms with E-state index in [9.17, 15) is 5.26 Å². The summed E-state index contributed by atoms with van der Waals surface area (Å²) in [6.45, 7) is 5.35. The average molecular weight is 410 g/mol. The predicted octanol–water partition coefficient (Wildman–Crippen LogP) is 6.13. The molecule has 2 aromatic rings. The van der Waals surface area contributed by atoms with E-state index in [1.165, 1.54) is 12.8 Å². The number of allylic oxidation sites excluding steroid dienone is 1. The third-order valence-electron chi connectivity index (χ3n) is 4.65. The molecule has 0 aliphatic carbocycles. The van der Waals surface area contributed by atoms with Gasteiger partial charge in [-0.05, 0) is 60.9 Å². The number of hydrogen-bond acceptors (Lipinski definition) is 5. The van der Waals surface area contributed by atoms with E-state index in [2.05, 4.69) is 13.0 Å². The van der Waals surface area contributed by atoms with E-state index in [4.69, 9.17) is 18.9 Å². The summed E-state index contributed by atoms with van der Waals surface area (Å²) in [5.74, 6) is 2.62. The summed E-state index contributed by atoms with van der Waals surface area (Å²) in [7, 11) is 3.16. The lowest BCUT2D eigenvalue weighted by Crippen LogP contribution is -2.01. The average Bonchev–Trinajstić information content (AvgIpc) is 2.78. The molecule has 0 spiro atoms. The predicted molar refractivity (Wildman–Crippen MR) is 120 cm³/mol. The summed E-state index contributed by atoms with van der Waals surface area (Å²) < 4.78 is 22.3. The molecule has 2 rings (SSSR count). The van der Waals surface area contributed by atoms with Crippen molar-refractivity contribution < 1.29 is 18.9 Å². The molecule has 0 N–H and O–H groups in total. The molecule has 0 aliphatic heterocycles. The van der Waals surface area contributed by atoms with E-state index >= 15 is 0 Å². The number of hydrogen-bond donors (Lipinski definition) is 0. The van der Waals surface area contributed by atoms with Crippen molar-refractivity contribution in [1.29, 1.82) is 5.26 Å².